The fourth-order valence-electron chi connectivity index (χ4n) is 2.47. The van der Waals surface area contributed by atoms with Gasteiger partial charge in [-0.25, -0.2) is 4.79 Å². The normalized spacial score (nSPS) is 13.8. The number of rotatable bonds is 16. The Labute approximate surface area is 206 Å². The standard InChI is InChI=1S/C18H32N8O8S/c1-8(14(30)26-11(7-35)17(33)34)24-16(32)10(5-13(28)29)25-12(27)6-23-15(31)9(19)3-2-4-22-18(20)21/h8-11,35H,2-7,19H2,1H3,(H,23,31)(H,24,32)(H,25,27)(H,26,30)(H,28,29)(H,33,34)(H4,20,21,22)/t8-,9-,10-,11-/m0/s1. The van der Waals surface area contributed by atoms with Crippen molar-refractivity contribution < 1.29 is 39.0 Å². The van der Waals surface area contributed by atoms with Crippen molar-refractivity contribution in [2.75, 3.05) is 18.8 Å². The number of carboxylic acid groups (broad SMARTS) is 2. The van der Waals surface area contributed by atoms with Crippen LogP contribution in [0, 0.1) is 5.41 Å². The Bertz CT molecular complexity index is 811. The van der Waals surface area contributed by atoms with Gasteiger partial charge in [-0.05, 0) is 19.8 Å². The summed E-state index contributed by atoms with van der Waals surface area (Å²) in [5.41, 5.74) is 10.8. The van der Waals surface area contributed by atoms with E-state index < -0.39 is 72.7 Å². The first-order chi connectivity index (χ1) is 16.3. The highest BCUT2D eigenvalue weighted by molar-refractivity contribution is 7.80. The molecule has 0 saturated carbocycles. The Morgan fingerprint density at radius 1 is 0.943 bits per heavy atom. The van der Waals surface area contributed by atoms with Gasteiger partial charge in [-0.15, -0.1) is 0 Å². The first-order valence-corrected chi connectivity index (χ1v) is 11.0. The molecule has 4 amide bonds. The van der Waals surface area contributed by atoms with Gasteiger partial charge < -0.3 is 48.3 Å². The average molecular weight is 521 g/mol. The lowest BCUT2D eigenvalue weighted by atomic mass is 10.1. The molecule has 0 unspecified atom stereocenters. The molecule has 0 aromatic rings. The predicted molar refractivity (Wildman–Crippen MR) is 125 cm³/mol. The highest BCUT2D eigenvalue weighted by Crippen LogP contribution is 1.97. The third-order valence-corrected chi connectivity index (χ3v) is 4.71. The van der Waals surface area contributed by atoms with E-state index in [-0.39, 0.29) is 18.1 Å². The highest BCUT2D eigenvalue weighted by atomic mass is 32.1. The molecule has 0 heterocycles. The SMILES string of the molecule is C[C@H](NC(=O)[C@H](CC(=O)O)NC(=O)CNC(=O)[C@@H](N)CCCNC(=N)N)C(=O)N[C@@H](CS)C(=O)O. The fourth-order valence-corrected chi connectivity index (χ4v) is 2.71. The van der Waals surface area contributed by atoms with E-state index in [1.807, 2.05) is 0 Å². The van der Waals surface area contributed by atoms with Crippen LogP contribution in [0.4, 0.5) is 0 Å². The summed E-state index contributed by atoms with van der Waals surface area (Å²) in [5, 5.41) is 36.3. The lowest BCUT2D eigenvalue weighted by Crippen LogP contribution is -2.56. The second-order valence-corrected chi connectivity index (χ2v) is 7.70. The second-order valence-electron chi connectivity index (χ2n) is 7.34. The van der Waals surface area contributed by atoms with E-state index in [0.717, 1.165) is 0 Å². The molecule has 17 heteroatoms. The maximum absolute atomic E-state index is 12.4. The quantitative estimate of drug-likeness (QED) is 0.0400. The summed E-state index contributed by atoms with van der Waals surface area (Å²) in [6.45, 7) is 0.961. The van der Waals surface area contributed by atoms with Crippen LogP contribution >= 0.6 is 12.6 Å². The van der Waals surface area contributed by atoms with Crippen molar-refractivity contribution in [2.24, 2.45) is 11.5 Å². The molecule has 0 bridgehead atoms. The number of carboxylic acids is 2. The van der Waals surface area contributed by atoms with E-state index in [1.54, 1.807) is 0 Å². The number of amides is 4. The van der Waals surface area contributed by atoms with Crippen LogP contribution in [0.25, 0.3) is 0 Å². The summed E-state index contributed by atoms with van der Waals surface area (Å²) in [6, 6.07) is -5.10. The van der Waals surface area contributed by atoms with E-state index in [4.69, 9.17) is 27.1 Å². The van der Waals surface area contributed by atoms with Crippen LogP contribution in [0.15, 0.2) is 0 Å². The Kier molecular flexibility index (Phi) is 14.4. The number of hydrogen-bond acceptors (Lipinski definition) is 9. The summed E-state index contributed by atoms with van der Waals surface area (Å²) in [5.74, 6) is -6.61. The first-order valence-electron chi connectivity index (χ1n) is 10.3. The number of aliphatic carboxylic acids is 2. The molecule has 0 aromatic carbocycles. The van der Waals surface area contributed by atoms with E-state index in [0.29, 0.717) is 13.0 Å². The maximum atomic E-state index is 12.4. The molecule has 0 radical (unpaired) electrons. The molecule has 0 rings (SSSR count). The molecule has 0 spiro atoms. The molecule has 35 heavy (non-hydrogen) atoms. The average Bonchev–Trinajstić information content (AvgIpc) is 2.76. The lowest BCUT2D eigenvalue weighted by molar-refractivity contribution is -0.142. The predicted octanol–water partition coefficient (Wildman–Crippen LogP) is -4.34. The van der Waals surface area contributed by atoms with Crippen molar-refractivity contribution >= 4 is 54.2 Å². The minimum absolute atomic E-state index is 0.204. The minimum atomic E-state index is -1.58. The van der Waals surface area contributed by atoms with Crippen molar-refractivity contribution in [1.29, 1.82) is 5.41 Å². The summed E-state index contributed by atoms with van der Waals surface area (Å²) < 4.78 is 0. The number of hydrogen-bond donors (Lipinski definition) is 11. The topological polar surface area (TPSA) is 279 Å². The van der Waals surface area contributed by atoms with E-state index in [1.165, 1.54) is 6.92 Å². The molecule has 0 aliphatic rings. The van der Waals surface area contributed by atoms with E-state index in [2.05, 4.69) is 39.2 Å². The third-order valence-electron chi connectivity index (χ3n) is 4.35. The van der Waals surface area contributed by atoms with Gasteiger partial charge in [0.15, 0.2) is 5.96 Å². The van der Waals surface area contributed by atoms with Crippen LogP contribution in [-0.2, 0) is 28.8 Å². The van der Waals surface area contributed by atoms with Crippen LogP contribution in [0.1, 0.15) is 26.2 Å². The molecular weight excluding hydrogens is 488 g/mol. The van der Waals surface area contributed by atoms with Gasteiger partial charge in [0.25, 0.3) is 0 Å². The smallest absolute Gasteiger partial charge is 0.327 e. The number of nitrogens with two attached hydrogens (primary N) is 2. The van der Waals surface area contributed by atoms with Gasteiger partial charge in [-0.2, -0.15) is 12.6 Å². The molecule has 0 fully saturated rings. The van der Waals surface area contributed by atoms with Gasteiger partial charge in [0.2, 0.25) is 23.6 Å². The Morgan fingerprint density at radius 2 is 1.57 bits per heavy atom. The monoisotopic (exact) mass is 520 g/mol. The highest BCUT2D eigenvalue weighted by Gasteiger charge is 2.28. The van der Waals surface area contributed by atoms with Crippen molar-refractivity contribution in [2.45, 2.75) is 50.4 Å². The van der Waals surface area contributed by atoms with Gasteiger partial charge in [0.05, 0.1) is 19.0 Å². The minimum Gasteiger partial charge on any atom is -0.481 e. The summed E-state index contributed by atoms with van der Waals surface area (Å²) in [7, 11) is 0. The third kappa shape index (κ3) is 13.6. The molecule has 0 aromatic heterocycles. The van der Waals surface area contributed by atoms with Gasteiger partial charge in [0.1, 0.15) is 18.1 Å². The van der Waals surface area contributed by atoms with Gasteiger partial charge >= 0.3 is 11.9 Å². The first kappa shape index (κ1) is 31.4. The zero-order chi connectivity index (χ0) is 27.1. The van der Waals surface area contributed by atoms with E-state index in [9.17, 15) is 28.8 Å². The molecule has 0 aliphatic heterocycles. The van der Waals surface area contributed by atoms with Crippen LogP contribution < -0.4 is 38.1 Å². The van der Waals surface area contributed by atoms with Gasteiger partial charge in [0, 0.05) is 12.3 Å². The summed E-state index contributed by atoms with van der Waals surface area (Å²) in [4.78, 5) is 70.7. The number of guanidine groups is 1. The van der Waals surface area contributed by atoms with Crippen LogP contribution in [0.3, 0.4) is 0 Å². The van der Waals surface area contributed by atoms with Crippen molar-refractivity contribution in [3.05, 3.63) is 0 Å². The molecule has 0 aliphatic carbocycles. The van der Waals surface area contributed by atoms with Crippen LogP contribution in [-0.4, -0.2) is 94.7 Å². The summed E-state index contributed by atoms with van der Waals surface area (Å²) >= 11 is 3.80. The summed E-state index contributed by atoms with van der Waals surface area (Å²) in [6.07, 6.45) is -0.168. The molecular formula is C18H32N8O8S. The second kappa shape index (κ2) is 16.1. The van der Waals surface area contributed by atoms with Gasteiger partial charge in [-0.1, -0.05) is 0 Å². The maximum Gasteiger partial charge on any atom is 0.327 e. The number of carbonyl (C=O) groups is 6. The van der Waals surface area contributed by atoms with E-state index >= 15 is 0 Å². The van der Waals surface area contributed by atoms with Gasteiger partial charge in [-0.3, -0.25) is 29.4 Å². The van der Waals surface area contributed by atoms with Crippen molar-refractivity contribution in [1.82, 2.24) is 26.6 Å². The largest absolute Gasteiger partial charge is 0.481 e. The fraction of sp³-hybridized carbons (Fsp3) is 0.611. The molecule has 4 atom stereocenters. The number of thiol groups is 1. The van der Waals surface area contributed by atoms with Crippen LogP contribution in [0.2, 0.25) is 0 Å². The number of nitrogens with one attached hydrogen (secondary N) is 6. The molecule has 0 saturated heterocycles. The Balaban J connectivity index is 4.80. The van der Waals surface area contributed by atoms with Crippen molar-refractivity contribution in [3.8, 4) is 0 Å². The van der Waals surface area contributed by atoms with Crippen molar-refractivity contribution in [3.63, 3.8) is 0 Å². The Morgan fingerprint density at radius 3 is 2.09 bits per heavy atom. The van der Waals surface area contributed by atoms with Crippen LogP contribution in [0.5, 0.6) is 0 Å². The zero-order valence-corrected chi connectivity index (χ0v) is 19.9. The molecule has 12 N–H and O–H groups in total. The molecule has 16 nitrogen and oxygen atoms in total. The zero-order valence-electron chi connectivity index (χ0n) is 19.0. The molecule has 198 valence electrons. The lowest BCUT2D eigenvalue weighted by Gasteiger charge is -2.21. The Hall–Kier alpha value is -3.60. The number of carbonyl (C=O) groups excluding carboxylic acids is 4.